The van der Waals surface area contributed by atoms with Crippen molar-refractivity contribution in [3.05, 3.63) is 87.7 Å². The number of hydrogen-bond acceptors (Lipinski definition) is 7. The number of pyridine rings is 2. The number of rotatable bonds is 6. The normalized spacial score (nSPS) is 11.2. The Hall–Kier alpha value is -4.28. The predicted molar refractivity (Wildman–Crippen MR) is 130 cm³/mol. The summed E-state index contributed by atoms with van der Waals surface area (Å²) in [5.74, 6) is 0.336. The second-order valence-electron chi connectivity index (χ2n) is 7.74. The van der Waals surface area contributed by atoms with Gasteiger partial charge in [0, 0.05) is 17.8 Å². The lowest BCUT2D eigenvalue weighted by molar-refractivity contribution is -0.516. The van der Waals surface area contributed by atoms with Gasteiger partial charge in [0.2, 0.25) is 11.5 Å². The molecule has 4 heterocycles. The van der Waals surface area contributed by atoms with Gasteiger partial charge in [-0.1, -0.05) is 41.9 Å². The number of benzene rings is 1. The number of H-pyrrole nitrogens is 1. The molecule has 0 spiro atoms. The number of nitrogens with two attached hydrogens (primary N) is 1. The summed E-state index contributed by atoms with van der Waals surface area (Å²) in [6.07, 6.45) is 1.52. The molecule has 0 aliphatic heterocycles. The van der Waals surface area contributed by atoms with Crippen LogP contribution in [-0.4, -0.2) is 36.9 Å². The van der Waals surface area contributed by atoms with E-state index >= 15 is 0 Å². The third-order valence-corrected chi connectivity index (χ3v) is 5.71. The van der Waals surface area contributed by atoms with E-state index in [4.69, 9.17) is 22.1 Å². The zero-order valence-corrected chi connectivity index (χ0v) is 19.4. The van der Waals surface area contributed by atoms with Gasteiger partial charge in [-0.25, -0.2) is 14.9 Å². The van der Waals surface area contributed by atoms with E-state index in [1.165, 1.54) is 22.4 Å². The summed E-state index contributed by atoms with van der Waals surface area (Å²) in [5.41, 5.74) is 9.93. The summed E-state index contributed by atoms with van der Waals surface area (Å²) in [6, 6.07) is 16.4. The highest BCUT2D eigenvalue weighted by Crippen LogP contribution is 2.34. The van der Waals surface area contributed by atoms with Crippen LogP contribution >= 0.6 is 11.6 Å². The fraction of sp³-hybridized carbons (Fsp3) is 0.125. The van der Waals surface area contributed by atoms with Crippen LogP contribution < -0.4 is 20.6 Å². The number of methoxy groups -OCH3 is 1. The highest BCUT2D eigenvalue weighted by molar-refractivity contribution is 6.30. The Morgan fingerprint density at radius 3 is 2.60 bits per heavy atom. The number of hydrogen-bond donors (Lipinski definition) is 3. The Morgan fingerprint density at radius 1 is 1.11 bits per heavy atom. The van der Waals surface area contributed by atoms with Gasteiger partial charge in [-0.05, 0) is 23.8 Å². The fourth-order valence-electron chi connectivity index (χ4n) is 3.89. The number of anilines is 1. The quantitative estimate of drug-likeness (QED) is 0.310. The number of aromatic nitrogens is 6. The molecule has 1 aromatic carbocycles. The zero-order chi connectivity index (χ0) is 24.5. The molecule has 0 atom stereocenters. The molecule has 5 rings (SSSR count). The lowest BCUT2D eigenvalue weighted by atomic mass is 10.00. The van der Waals surface area contributed by atoms with E-state index in [0.29, 0.717) is 44.8 Å². The highest BCUT2D eigenvalue weighted by atomic mass is 35.5. The second kappa shape index (κ2) is 9.16. The van der Waals surface area contributed by atoms with Crippen LogP contribution in [0.1, 0.15) is 11.4 Å². The van der Waals surface area contributed by atoms with Gasteiger partial charge in [0.25, 0.3) is 0 Å². The molecule has 0 fully saturated rings. The van der Waals surface area contributed by atoms with Crippen molar-refractivity contribution in [2.24, 2.45) is 0 Å². The van der Waals surface area contributed by atoms with Crippen LogP contribution in [0.3, 0.4) is 0 Å². The van der Waals surface area contributed by atoms with Crippen LogP contribution in [0.25, 0.3) is 28.0 Å². The zero-order valence-electron chi connectivity index (χ0n) is 18.6. The Bertz CT molecular complexity index is 1560. The minimum Gasteiger partial charge on any atom is -0.481 e. The molecule has 0 saturated carbocycles. The Morgan fingerprint density at radius 2 is 1.91 bits per heavy atom. The fourth-order valence-corrected chi connectivity index (χ4v) is 4.00. The molecule has 10 nitrogen and oxygen atoms in total. The maximum absolute atomic E-state index is 13.3. The van der Waals surface area contributed by atoms with Crippen LogP contribution in [0.5, 0.6) is 5.88 Å². The van der Waals surface area contributed by atoms with Gasteiger partial charge >= 0.3 is 11.6 Å². The number of fused-ring (bicyclic) bond motifs is 1. The molecule has 176 valence electrons. The van der Waals surface area contributed by atoms with E-state index in [9.17, 15) is 9.90 Å². The van der Waals surface area contributed by atoms with Crippen molar-refractivity contribution in [3.8, 4) is 28.3 Å². The van der Waals surface area contributed by atoms with Gasteiger partial charge < -0.3 is 15.6 Å². The monoisotopic (exact) mass is 490 g/mol. The minimum absolute atomic E-state index is 0.0232. The largest absolute Gasteiger partial charge is 0.481 e. The molecule has 0 aliphatic carbocycles. The number of nitrogen functional groups attached to an aromatic ring is 1. The first-order valence-electron chi connectivity index (χ1n) is 10.6. The van der Waals surface area contributed by atoms with Crippen molar-refractivity contribution in [2.75, 3.05) is 12.8 Å². The molecule has 0 saturated heterocycles. The highest BCUT2D eigenvalue weighted by Gasteiger charge is 2.26. The van der Waals surface area contributed by atoms with Crippen molar-refractivity contribution in [3.63, 3.8) is 0 Å². The number of aliphatic hydroxyl groups excluding tert-OH is 1. The van der Waals surface area contributed by atoms with Crippen molar-refractivity contribution in [2.45, 2.75) is 13.2 Å². The number of nitrogens with zero attached hydrogens (tertiary/aromatic N) is 5. The molecule has 0 unspecified atom stereocenters. The summed E-state index contributed by atoms with van der Waals surface area (Å²) >= 11 is 5.94. The van der Waals surface area contributed by atoms with E-state index in [2.05, 4.69) is 20.1 Å². The predicted octanol–water partition coefficient (Wildman–Crippen LogP) is 2.22. The Labute approximate surface area is 204 Å². The van der Waals surface area contributed by atoms with Crippen molar-refractivity contribution < 1.29 is 14.2 Å². The SMILES string of the molecule is COc1cc(-c2c(-c3ccccc3)nc(N)[n+]3c(=O)n(Cc4ccc(Cl)cn4)[nH]c23)cc(CO)n1. The van der Waals surface area contributed by atoms with Crippen LogP contribution in [-0.2, 0) is 13.2 Å². The maximum Gasteiger partial charge on any atom is 0.428 e. The third-order valence-electron chi connectivity index (χ3n) is 5.49. The average Bonchev–Trinajstić information content (AvgIpc) is 3.21. The summed E-state index contributed by atoms with van der Waals surface area (Å²) in [6.45, 7) is -0.123. The molecule has 4 N–H and O–H groups in total. The van der Waals surface area contributed by atoms with E-state index in [0.717, 1.165) is 5.56 Å². The molecule has 11 heteroatoms. The number of aromatic amines is 1. The van der Waals surface area contributed by atoms with Crippen LogP contribution in [0.15, 0.2) is 65.6 Å². The number of aliphatic hydroxyl groups is 1. The standard InChI is InChI=1S/C24H20ClN7O3/c1-35-19-10-15(9-18(13-33)28-19)20-21(14-5-3-2-4-6-14)29-23(26)32-22(20)30-31(24(32)34)12-17-8-7-16(25)11-27-17/h2-11,33H,12-13H2,1H3,(H2,26,28,29,30)/p+1. The first kappa shape index (κ1) is 22.5. The smallest absolute Gasteiger partial charge is 0.428 e. The Balaban J connectivity index is 1.81. The van der Waals surface area contributed by atoms with Gasteiger partial charge in [-0.3, -0.25) is 4.98 Å². The summed E-state index contributed by atoms with van der Waals surface area (Å²) in [4.78, 5) is 26.5. The van der Waals surface area contributed by atoms with Gasteiger partial charge in [0.05, 0.1) is 35.7 Å². The Kier molecular flexibility index (Phi) is 5.89. The summed E-state index contributed by atoms with van der Waals surface area (Å²) in [7, 11) is 1.49. The molecule has 35 heavy (non-hydrogen) atoms. The molecule has 0 radical (unpaired) electrons. The molecular formula is C24H21ClN7O3+. The van der Waals surface area contributed by atoms with Crippen LogP contribution in [0.4, 0.5) is 5.95 Å². The third kappa shape index (κ3) is 4.20. The minimum atomic E-state index is -0.411. The van der Waals surface area contributed by atoms with E-state index < -0.39 is 5.69 Å². The first-order valence-corrected chi connectivity index (χ1v) is 11.0. The van der Waals surface area contributed by atoms with Gasteiger partial charge in [0.15, 0.2) is 0 Å². The lowest BCUT2D eigenvalue weighted by Gasteiger charge is -2.11. The van der Waals surface area contributed by atoms with Gasteiger partial charge in [-0.15, -0.1) is 9.38 Å². The van der Waals surface area contributed by atoms with Crippen molar-refractivity contribution >= 4 is 23.2 Å². The number of nitrogens with one attached hydrogen (secondary N) is 1. The summed E-state index contributed by atoms with van der Waals surface area (Å²) in [5, 5.41) is 13.4. The lowest BCUT2D eigenvalue weighted by Crippen LogP contribution is -2.44. The average molecular weight is 491 g/mol. The van der Waals surface area contributed by atoms with E-state index in [1.807, 2.05) is 30.3 Å². The number of ether oxygens (including phenoxy) is 1. The molecule has 0 amide bonds. The molecule has 5 aromatic rings. The maximum atomic E-state index is 13.3. The molecule has 4 aromatic heterocycles. The van der Waals surface area contributed by atoms with E-state index in [1.54, 1.807) is 24.3 Å². The van der Waals surface area contributed by atoms with Gasteiger partial charge in [-0.2, -0.15) is 4.68 Å². The molecular weight excluding hydrogens is 470 g/mol. The second-order valence-corrected chi connectivity index (χ2v) is 8.18. The topological polar surface area (TPSA) is 136 Å². The van der Waals surface area contributed by atoms with Crippen LogP contribution in [0, 0.1) is 0 Å². The van der Waals surface area contributed by atoms with E-state index in [-0.39, 0.29) is 19.1 Å². The number of halogens is 1. The van der Waals surface area contributed by atoms with Gasteiger partial charge in [0.1, 0.15) is 12.2 Å². The molecule has 0 bridgehead atoms. The van der Waals surface area contributed by atoms with Crippen molar-refractivity contribution in [1.82, 2.24) is 24.7 Å². The molecule has 0 aliphatic rings. The first-order chi connectivity index (χ1) is 17.0. The van der Waals surface area contributed by atoms with Crippen molar-refractivity contribution in [1.29, 1.82) is 0 Å². The summed E-state index contributed by atoms with van der Waals surface area (Å²) < 4.78 is 8.05. The van der Waals surface area contributed by atoms with Crippen LogP contribution in [0.2, 0.25) is 5.02 Å².